The Morgan fingerprint density at radius 2 is 2.14 bits per heavy atom. The minimum atomic E-state index is -2.34. The Kier molecular flexibility index (Phi) is 4.18. The van der Waals surface area contributed by atoms with Crippen molar-refractivity contribution in [1.29, 1.82) is 0 Å². The second-order valence-corrected chi connectivity index (χ2v) is 5.81. The van der Waals surface area contributed by atoms with Crippen molar-refractivity contribution in [3.8, 4) is 0 Å². The highest BCUT2D eigenvalue weighted by Crippen LogP contribution is 2.17. The molecule has 0 aliphatic rings. The van der Waals surface area contributed by atoms with Gasteiger partial charge in [-0.3, -0.25) is 0 Å². The van der Waals surface area contributed by atoms with Gasteiger partial charge in [0.1, 0.15) is 10.7 Å². The highest BCUT2D eigenvalue weighted by Gasteiger charge is 2.06. The standard InChI is InChI=1S/C9H12INO2S/c1-6(14(12)13)4-7-2-3-9(11)8(10)5-7/h2-3,5-6,14H,4,11H2,1H3. The van der Waals surface area contributed by atoms with E-state index < -0.39 is 10.7 Å². The Morgan fingerprint density at radius 1 is 1.50 bits per heavy atom. The van der Waals surface area contributed by atoms with Crippen LogP contribution in [0.5, 0.6) is 0 Å². The first kappa shape index (κ1) is 11.8. The highest BCUT2D eigenvalue weighted by molar-refractivity contribution is 14.1. The molecule has 0 saturated carbocycles. The summed E-state index contributed by atoms with van der Waals surface area (Å²) < 4.78 is 22.3. The summed E-state index contributed by atoms with van der Waals surface area (Å²) in [6, 6.07) is 5.60. The van der Waals surface area contributed by atoms with E-state index in [-0.39, 0.29) is 5.25 Å². The van der Waals surface area contributed by atoms with Crippen LogP contribution < -0.4 is 5.73 Å². The topological polar surface area (TPSA) is 60.2 Å². The maximum Gasteiger partial charge on any atom is 0.143 e. The first-order chi connectivity index (χ1) is 6.50. The Morgan fingerprint density at radius 3 is 2.64 bits per heavy atom. The molecule has 0 bridgehead atoms. The summed E-state index contributed by atoms with van der Waals surface area (Å²) in [5.74, 6) is 0. The Balaban J connectivity index is 2.83. The number of hydrogen-bond acceptors (Lipinski definition) is 3. The van der Waals surface area contributed by atoms with Crippen molar-refractivity contribution in [2.75, 3.05) is 5.73 Å². The largest absolute Gasteiger partial charge is 0.398 e. The highest BCUT2D eigenvalue weighted by atomic mass is 127. The SMILES string of the molecule is CC(Cc1ccc(N)c(I)c1)[SH](=O)=O. The molecule has 1 unspecified atom stereocenters. The number of halogens is 1. The number of nitrogens with two attached hydrogens (primary N) is 1. The summed E-state index contributed by atoms with van der Waals surface area (Å²) in [7, 11) is -2.34. The van der Waals surface area contributed by atoms with Crippen LogP contribution in [0, 0.1) is 3.57 Å². The van der Waals surface area contributed by atoms with E-state index in [0.717, 1.165) is 14.8 Å². The third kappa shape index (κ3) is 3.13. The molecule has 0 aliphatic heterocycles. The lowest BCUT2D eigenvalue weighted by Crippen LogP contribution is -2.08. The van der Waals surface area contributed by atoms with Crippen LogP contribution in [0.4, 0.5) is 5.69 Å². The molecule has 78 valence electrons. The lowest BCUT2D eigenvalue weighted by Gasteiger charge is -2.05. The number of rotatable bonds is 3. The Hall–Kier alpha value is -0.300. The van der Waals surface area contributed by atoms with Crippen molar-refractivity contribution in [2.24, 2.45) is 0 Å². The number of nitrogen functional groups attached to an aromatic ring is 1. The average Bonchev–Trinajstić information content (AvgIpc) is 2.11. The van der Waals surface area contributed by atoms with Gasteiger partial charge in [-0.2, -0.15) is 0 Å². The van der Waals surface area contributed by atoms with E-state index >= 15 is 0 Å². The van der Waals surface area contributed by atoms with Gasteiger partial charge in [0.25, 0.3) is 0 Å². The normalized spacial score (nSPS) is 13.1. The molecule has 0 radical (unpaired) electrons. The summed E-state index contributed by atoms with van der Waals surface area (Å²) >= 11 is 2.14. The monoisotopic (exact) mass is 325 g/mol. The predicted octanol–water partition coefficient (Wildman–Crippen LogP) is 1.42. The van der Waals surface area contributed by atoms with Gasteiger partial charge in [-0.25, -0.2) is 8.42 Å². The fourth-order valence-electron chi connectivity index (χ4n) is 1.11. The van der Waals surface area contributed by atoms with Gasteiger partial charge < -0.3 is 5.73 Å². The van der Waals surface area contributed by atoms with Crippen LogP contribution in [0.1, 0.15) is 12.5 Å². The summed E-state index contributed by atoms with van der Waals surface area (Å²) in [5, 5.41) is -0.315. The van der Waals surface area contributed by atoms with Gasteiger partial charge in [0.15, 0.2) is 0 Å². The van der Waals surface area contributed by atoms with E-state index in [1.54, 1.807) is 6.92 Å². The molecular formula is C9H12INO2S. The van der Waals surface area contributed by atoms with Crippen molar-refractivity contribution in [3.05, 3.63) is 27.3 Å². The van der Waals surface area contributed by atoms with Gasteiger partial charge in [0.05, 0.1) is 5.25 Å². The average molecular weight is 325 g/mol. The van der Waals surface area contributed by atoms with Gasteiger partial charge in [0.2, 0.25) is 0 Å². The second-order valence-electron chi connectivity index (χ2n) is 3.19. The van der Waals surface area contributed by atoms with Gasteiger partial charge in [-0.15, -0.1) is 0 Å². The van der Waals surface area contributed by atoms with Gasteiger partial charge >= 0.3 is 0 Å². The first-order valence-electron chi connectivity index (χ1n) is 4.18. The zero-order chi connectivity index (χ0) is 10.7. The Bertz CT molecular complexity index is 396. The van der Waals surface area contributed by atoms with E-state index in [9.17, 15) is 8.42 Å². The van der Waals surface area contributed by atoms with Gasteiger partial charge in [-0.1, -0.05) is 6.07 Å². The third-order valence-corrected chi connectivity index (χ3v) is 3.79. The van der Waals surface area contributed by atoms with Crippen molar-refractivity contribution in [3.63, 3.8) is 0 Å². The number of benzene rings is 1. The van der Waals surface area contributed by atoms with Crippen LogP contribution in [0.2, 0.25) is 0 Å². The first-order valence-corrected chi connectivity index (χ1v) is 6.50. The maximum absolute atomic E-state index is 10.7. The number of anilines is 1. The lowest BCUT2D eigenvalue weighted by molar-refractivity contribution is 0.602. The second kappa shape index (κ2) is 4.97. The third-order valence-electron chi connectivity index (χ3n) is 1.96. The summed E-state index contributed by atoms with van der Waals surface area (Å²) in [6.45, 7) is 1.70. The van der Waals surface area contributed by atoms with Crippen LogP contribution in [0.3, 0.4) is 0 Å². The minimum Gasteiger partial charge on any atom is -0.398 e. The summed E-state index contributed by atoms with van der Waals surface area (Å²) in [5.41, 5.74) is 7.39. The zero-order valence-corrected chi connectivity index (χ0v) is 10.8. The van der Waals surface area contributed by atoms with E-state index in [1.807, 2.05) is 18.2 Å². The zero-order valence-electron chi connectivity index (χ0n) is 7.74. The number of hydrogen-bond donors (Lipinski definition) is 2. The van der Waals surface area contributed by atoms with Crippen molar-refractivity contribution >= 4 is 39.0 Å². The smallest absolute Gasteiger partial charge is 0.143 e. The molecule has 0 amide bonds. The van der Waals surface area contributed by atoms with Crippen LogP contribution in [-0.2, 0) is 17.1 Å². The molecule has 0 fully saturated rings. The molecule has 1 aromatic carbocycles. The van der Waals surface area contributed by atoms with E-state index in [4.69, 9.17) is 5.73 Å². The van der Waals surface area contributed by atoms with Crippen LogP contribution in [0.15, 0.2) is 18.2 Å². The molecule has 3 nitrogen and oxygen atoms in total. The summed E-state index contributed by atoms with van der Waals surface area (Å²) in [6.07, 6.45) is 0.551. The molecule has 0 heterocycles. The molecule has 0 saturated heterocycles. The van der Waals surface area contributed by atoms with Crippen molar-refractivity contribution in [1.82, 2.24) is 0 Å². The fraction of sp³-hybridized carbons (Fsp3) is 0.333. The van der Waals surface area contributed by atoms with E-state index in [2.05, 4.69) is 22.6 Å². The molecule has 0 aliphatic carbocycles. The molecular weight excluding hydrogens is 313 g/mol. The fourth-order valence-corrected chi connectivity index (χ4v) is 2.05. The van der Waals surface area contributed by atoms with Gasteiger partial charge in [-0.05, 0) is 53.6 Å². The molecule has 0 spiro atoms. The van der Waals surface area contributed by atoms with E-state index in [1.165, 1.54) is 0 Å². The predicted molar refractivity (Wildman–Crippen MR) is 67.1 cm³/mol. The quantitative estimate of drug-likeness (QED) is 0.502. The Labute approximate surface area is 98.8 Å². The summed E-state index contributed by atoms with van der Waals surface area (Å²) in [4.78, 5) is 0. The molecule has 2 N–H and O–H groups in total. The maximum atomic E-state index is 10.7. The van der Waals surface area contributed by atoms with Gasteiger partial charge in [0, 0.05) is 9.26 Å². The molecule has 5 heteroatoms. The number of thiol groups is 1. The van der Waals surface area contributed by atoms with Crippen LogP contribution in [0.25, 0.3) is 0 Å². The molecule has 1 aromatic rings. The molecule has 1 atom stereocenters. The molecule has 14 heavy (non-hydrogen) atoms. The van der Waals surface area contributed by atoms with Crippen LogP contribution in [-0.4, -0.2) is 13.7 Å². The van der Waals surface area contributed by atoms with Crippen molar-refractivity contribution < 1.29 is 8.42 Å². The van der Waals surface area contributed by atoms with E-state index in [0.29, 0.717) is 6.42 Å². The minimum absolute atomic E-state index is 0.315. The lowest BCUT2D eigenvalue weighted by atomic mass is 10.1. The molecule has 0 aromatic heterocycles. The van der Waals surface area contributed by atoms with Crippen molar-refractivity contribution in [2.45, 2.75) is 18.6 Å². The molecule has 1 rings (SSSR count). The van der Waals surface area contributed by atoms with Crippen LogP contribution >= 0.6 is 22.6 Å².